The van der Waals surface area contributed by atoms with Gasteiger partial charge < -0.3 is 5.11 Å². The molecule has 76 valence electrons. The van der Waals surface area contributed by atoms with Crippen LogP contribution in [0.2, 0.25) is 0 Å². The fourth-order valence-corrected chi connectivity index (χ4v) is 1.16. The van der Waals surface area contributed by atoms with Gasteiger partial charge in [-0.25, -0.2) is 0 Å². The van der Waals surface area contributed by atoms with E-state index in [4.69, 9.17) is 5.26 Å². The van der Waals surface area contributed by atoms with Gasteiger partial charge in [-0.3, -0.25) is 0 Å². The largest absolute Gasteiger partial charge is 0.387 e. The Bertz CT molecular complexity index is 375. The third-order valence-electron chi connectivity index (χ3n) is 2.06. The first kappa shape index (κ1) is 11.2. The van der Waals surface area contributed by atoms with E-state index in [9.17, 15) is 5.11 Å². The highest BCUT2D eigenvalue weighted by atomic mass is 16.3. The van der Waals surface area contributed by atoms with Crippen LogP contribution in [0.3, 0.4) is 0 Å². The quantitative estimate of drug-likeness (QED) is 0.756. The molecule has 1 rings (SSSR count). The second kappa shape index (κ2) is 5.79. The van der Waals surface area contributed by atoms with Gasteiger partial charge in [0.25, 0.3) is 0 Å². The average molecular weight is 199 g/mol. The number of rotatable bonds is 4. The van der Waals surface area contributed by atoms with E-state index in [1.807, 2.05) is 36.4 Å². The molecule has 1 aromatic rings. The molecule has 2 heteroatoms. The van der Waals surface area contributed by atoms with Crippen molar-refractivity contribution in [3.63, 3.8) is 0 Å². The first-order chi connectivity index (χ1) is 7.27. The summed E-state index contributed by atoms with van der Waals surface area (Å²) in [6.45, 7) is 3.49. The average Bonchev–Trinajstić information content (AvgIpc) is 2.29. The SMILES string of the molecule is C=CC(C#N)C(O)/C=C/c1ccccc1. The Morgan fingerprint density at radius 1 is 1.33 bits per heavy atom. The van der Waals surface area contributed by atoms with Crippen LogP contribution in [0.4, 0.5) is 0 Å². The smallest absolute Gasteiger partial charge is 0.0936 e. The molecular formula is C13H13NO. The number of benzene rings is 1. The molecule has 0 fully saturated rings. The molecule has 2 nitrogen and oxygen atoms in total. The Balaban J connectivity index is 2.66. The van der Waals surface area contributed by atoms with Crippen molar-refractivity contribution in [3.05, 3.63) is 54.6 Å². The molecule has 0 heterocycles. The first-order valence-electron chi connectivity index (χ1n) is 4.71. The van der Waals surface area contributed by atoms with Gasteiger partial charge in [0, 0.05) is 0 Å². The van der Waals surface area contributed by atoms with E-state index < -0.39 is 12.0 Å². The molecule has 0 saturated heterocycles. The van der Waals surface area contributed by atoms with E-state index >= 15 is 0 Å². The lowest BCUT2D eigenvalue weighted by Gasteiger charge is -2.07. The molecule has 0 aliphatic carbocycles. The zero-order valence-corrected chi connectivity index (χ0v) is 8.38. The van der Waals surface area contributed by atoms with Gasteiger partial charge in [0.15, 0.2) is 0 Å². The van der Waals surface area contributed by atoms with Crippen LogP contribution in [0.1, 0.15) is 5.56 Å². The Hall–Kier alpha value is -1.85. The lowest BCUT2D eigenvalue weighted by Crippen LogP contribution is -2.13. The van der Waals surface area contributed by atoms with Gasteiger partial charge in [-0.2, -0.15) is 5.26 Å². The minimum atomic E-state index is -0.798. The maximum absolute atomic E-state index is 9.59. The van der Waals surface area contributed by atoms with Crippen LogP contribution in [-0.2, 0) is 0 Å². The molecule has 1 N–H and O–H groups in total. The predicted molar refractivity (Wildman–Crippen MR) is 60.8 cm³/mol. The van der Waals surface area contributed by atoms with Crippen LogP contribution in [-0.4, -0.2) is 11.2 Å². The number of nitrogens with zero attached hydrogens (tertiary/aromatic N) is 1. The van der Waals surface area contributed by atoms with E-state index in [1.54, 1.807) is 12.2 Å². The highest BCUT2D eigenvalue weighted by Gasteiger charge is 2.10. The molecule has 0 saturated carbocycles. The van der Waals surface area contributed by atoms with Crippen LogP contribution in [0, 0.1) is 17.2 Å². The Kier molecular flexibility index (Phi) is 4.33. The van der Waals surface area contributed by atoms with Crippen molar-refractivity contribution in [2.45, 2.75) is 6.10 Å². The Labute approximate surface area is 89.8 Å². The van der Waals surface area contributed by atoms with E-state index in [0.717, 1.165) is 5.56 Å². The highest BCUT2D eigenvalue weighted by molar-refractivity contribution is 5.49. The van der Waals surface area contributed by atoms with Gasteiger partial charge in [-0.1, -0.05) is 48.6 Å². The summed E-state index contributed by atoms with van der Waals surface area (Å²) in [5, 5.41) is 18.3. The summed E-state index contributed by atoms with van der Waals surface area (Å²) >= 11 is 0. The maximum Gasteiger partial charge on any atom is 0.0936 e. The van der Waals surface area contributed by atoms with Crippen LogP contribution in [0.15, 0.2) is 49.1 Å². The molecule has 2 atom stereocenters. The normalized spacial score (nSPS) is 14.4. The summed E-state index contributed by atoms with van der Waals surface area (Å²) in [6.07, 6.45) is 4.04. The van der Waals surface area contributed by atoms with E-state index in [0.29, 0.717) is 0 Å². The van der Waals surface area contributed by atoms with Gasteiger partial charge in [0.1, 0.15) is 0 Å². The maximum atomic E-state index is 9.59. The molecule has 0 aliphatic heterocycles. The van der Waals surface area contributed by atoms with E-state index in [2.05, 4.69) is 6.58 Å². The van der Waals surface area contributed by atoms with Crippen molar-refractivity contribution in [3.8, 4) is 6.07 Å². The van der Waals surface area contributed by atoms with Gasteiger partial charge in [-0.15, -0.1) is 6.58 Å². The predicted octanol–water partition coefficient (Wildman–Crippen LogP) is 2.39. The zero-order chi connectivity index (χ0) is 11.1. The molecule has 0 bridgehead atoms. The fourth-order valence-electron chi connectivity index (χ4n) is 1.16. The van der Waals surface area contributed by atoms with Crippen molar-refractivity contribution in [2.24, 2.45) is 5.92 Å². The minimum Gasteiger partial charge on any atom is -0.387 e. The first-order valence-corrected chi connectivity index (χ1v) is 4.71. The van der Waals surface area contributed by atoms with E-state index in [-0.39, 0.29) is 0 Å². The number of aliphatic hydroxyl groups is 1. The van der Waals surface area contributed by atoms with Crippen LogP contribution in [0.25, 0.3) is 6.08 Å². The fraction of sp³-hybridized carbons (Fsp3) is 0.154. The van der Waals surface area contributed by atoms with Gasteiger partial charge in [0.05, 0.1) is 18.1 Å². The summed E-state index contributed by atoms with van der Waals surface area (Å²) in [7, 11) is 0. The molecule has 0 amide bonds. The summed E-state index contributed by atoms with van der Waals surface area (Å²) in [4.78, 5) is 0. The van der Waals surface area contributed by atoms with Crippen LogP contribution < -0.4 is 0 Å². The van der Waals surface area contributed by atoms with Gasteiger partial charge in [-0.05, 0) is 5.56 Å². The molecule has 15 heavy (non-hydrogen) atoms. The van der Waals surface area contributed by atoms with Crippen molar-refractivity contribution in [1.82, 2.24) is 0 Å². The molecule has 0 aliphatic rings. The number of hydrogen-bond acceptors (Lipinski definition) is 2. The zero-order valence-electron chi connectivity index (χ0n) is 8.38. The summed E-state index contributed by atoms with van der Waals surface area (Å²) in [6, 6.07) is 11.6. The molecule has 1 aromatic carbocycles. The van der Waals surface area contributed by atoms with Crippen LogP contribution in [0.5, 0.6) is 0 Å². The molecule has 2 unspecified atom stereocenters. The number of nitriles is 1. The number of hydrogen-bond donors (Lipinski definition) is 1. The molecule has 0 aromatic heterocycles. The van der Waals surface area contributed by atoms with Gasteiger partial charge in [0.2, 0.25) is 0 Å². The Morgan fingerprint density at radius 2 is 2.00 bits per heavy atom. The van der Waals surface area contributed by atoms with Gasteiger partial charge >= 0.3 is 0 Å². The Morgan fingerprint density at radius 3 is 2.53 bits per heavy atom. The van der Waals surface area contributed by atoms with Crippen molar-refractivity contribution in [1.29, 1.82) is 5.26 Å². The standard InChI is InChI=1S/C13H13NO/c1-2-12(10-14)13(15)9-8-11-6-4-3-5-7-11/h2-9,12-13,15H,1H2/b9-8+. The third-order valence-corrected chi connectivity index (χ3v) is 2.06. The second-order valence-corrected chi connectivity index (χ2v) is 3.15. The second-order valence-electron chi connectivity index (χ2n) is 3.15. The number of aliphatic hydroxyl groups excluding tert-OH is 1. The van der Waals surface area contributed by atoms with Crippen molar-refractivity contribution < 1.29 is 5.11 Å². The molecular weight excluding hydrogens is 186 g/mol. The lowest BCUT2D eigenvalue weighted by molar-refractivity contribution is 0.201. The van der Waals surface area contributed by atoms with Crippen LogP contribution >= 0.6 is 0 Å². The van der Waals surface area contributed by atoms with E-state index in [1.165, 1.54) is 6.08 Å². The van der Waals surface area contributed by atoms with Crippen molar-refractivity contribution in [2.75, 3.05) is 0 Å². The lowest BCUT2D eigenvalue weighted by atomic mass is 10.0. The minimum absolute atomic E-state index is 0.551. The van der Waals surface area contributed by atoms with Crippen molar-refractivity contribution >= 4 is 6.08 Å². The summed E-state index contributed by atoms with van der Waals surface area (Å²) in [5.74, 6) is -0.551. The molecule has 0 radical (unpaired) electrons. The monoisotopic (exact) mass is 199 g/mol. The third kappa shape index (κ3) is 3.41. The summed E-state index contributed by atoms with van der Waals surface area (Å²) in [5.41, 5.74) is 0.998. The summed E-state index contributed by atoms with van der Waals surface area (Å²) < 4.78 is 0. The topological polar surface area (TPSA) is 44.0 Å². The highest BCUT2D eigenvalue weighted by Crippen LogP contribution is 2.08. The molecule has 0 spiro atoms.